The number of aromatic nitrogens is 3. The Morgan fingerprint density at radius 2 is 2.04 bits per heavy atom. The molecule has 0 unspecified atom stereocenters. The molecule has 0 radical (unpaired) electrons. The number of carbonyl (C=O) groups excluding carboxylic acids is 1. The van der Waals surface area contributed by atoms with Crippen LogP contribution in [0.25, 0.3) is 16.2 Å². The molecule has 0 bridgehead atoms. The zero-order valence-corrected chi connectivity index (χ0v) is 17.0. The van der Waals surface area contributed by atoms with Crippen molar-refractivity contribution in [2.24, 2.45) is 0 Å². The first-order chi connectivity index (χ1) is 13.6. The first-order valence-corrected chi connectivity index (χ1v) is 10.2. The molecule has 0 saturated heterocycles. The number of thiazole rings is 1. The number of aryl methyl sites for hydroxylation is 1. The van der Waals surface area contributed by atoms with Crippen LogP contribution >= 0.6 is 11.3 Å². The molecule has 3 aromatic heterocycles. The van der Waals surface area contributed by atoms with Crippen LogP contribution in [0.4, 0.5) is 0 Å². The second-order valence-electron chi connectivity index (χ2n) is 6.89. The molecule has 0 saturated carbocycles. The number of benzene rings is 1. The van der Waals surface area contributed by atoms with Crippen LogP contribution in [0.15, 0.2) is 60.4 Å². The molecule has 1 aromatic carbocycles. The fraction of sp³-hybridized carbons (Fsp3) is 0.227. The maximum atomic E-state index is 13.2. The maximum absolute atomic E-state index is 13.2. The fourth-order valence-electron chi connectivity index (χ4n) is 3.43. The summed E-state index contributed by atoms with van der Waals surface area (Å²) < 4.78 is 1.90. The lowest BCUT2D eigenvalue weighted by Gasteiger charge is -2.27. The number of pyridine rings is 1. The molecular formula is C22H22N4OS. The summed E-state index contributed by atoms with van der Waals surface area (Å²) >= 11 is 1.49. The molecule has 5 nitrogen and oxygen atoms in total. The van der Waals surface area contributed by atoms with Gasteiger partial charge in [-0.2, -0.15) is 0 Å². The first-order valence-electron chi connectivity index (χ1n) is 9.29. The van der Waals surface area contributed by atoms with Gasteiger partial charge >= 0.3 is 0 Å². The van der Waals surface area contributed by atoms with Crippen LogP contribution in [-0.2, 0) is 0 Å². The Balaban J connectivity index is 1.66. The van der Waals surface area contributed by atoms with Gasteiger partial charge in [0.05, 0.1) is 11.7 Å². The molecule has 6 heteroatoms. The predicted octanol–water partition coefficient (Wildman–Crippen LogP) is 4.99. The molecule has 3 heterocycles. The van der Waals surface area contributed by atoms with E-state index in [9.17, 15) is 4.79 Å². The van der Waals surface area contributed by atoms with Crippen molar-refractivity contribution in [2.75, 3.05) is 7.05 Å². The SMILES string of the molecule is CC[C@@H](c1cccnc1)N(C)C(=O)c1csc2nc(-c3ccc(C)cc3)cn12. The van der Waals surface area contributed by atoms with E-state index in [0.29, 0.717) is 5.69 Å². The Bertz CT molecular complexity index is 1100. The molecule has 4 aromatic rings. The van der Waals surface area contributed by atoms with E-state index in [2.05, 4.69) is 43.1 Å². The van der Waals surface area contributed by atoms with Gasteiger partial charge < -0.3 is 4.90 Å². The molecule has 1 amide bonds. The third-order valence-electron chi connectivity index (χ3n) is 5.02. The van der Waals surface area contributed by atoms with Crippen LogP contribution in [0, 0.1) is 6.92 Å². The van der Waals surface area contributed by atoms with E-state index in [1.54, 1.807) is 11.1 Å². The van der Waals surface area contributed by atoms with Crippen molar-refractivity contribution in [2.45, 2.75) is 26.3 Å². The van der Waals surface area contributed by atoms with Gasteiger partial charge in [-0.3, -0.25) is 14.2 Å². The third-order valence-corrected chi connectivity index (χ3v) is 5.86. The van der Waals surface area contributed by atoms with Gasteiger partial charge in [0.1, 0.15) is 5.69 Å². The summed E-state index contributed by atoms with van der Waals surface area (Å²) in [5, 5.41) is 1.88. The molecule has 0 aliphatic carbocycles. The van der Waals surface area contributed by atoms with Crippen molar-refractivity contribution in [3.63, 3.8) is 0 Å². The number of carbonyl (C=O) groups is 1. The van der Waals surface area contributed by atoms with Gasteiger partial charge in [-0.05, 0) is 25.0 Å². The summed E-state index contributed by atoms with van der Waals surface area (Å²) in [6, 6.07) is 12.2. The minimum Gasteiger partial charge on any atom is -0.333 e. The number of imidazole rings is 1. The molecule has 0 spiro atoms. The molecule has 0 N–H and O–H groups in total. The maximum Gasteiger partial charge on any atom is 0.272 e. The Morgan fingerprint density at radius 3 is 2.71 bits per heavy atom. The average Bonchev–Trinajstić information content (AvgIpc) is 3.30. The van der Waals surface area contributed by atoms with Gasteiger partial charge in [-0.1, -0.05) is 42.8 Å². The second-order valence-corrected chi connectivity index (χ2v) is 7.73. The number of fused-ring (bicyclic) bond motifs is 1. The molecule has 0 aliphatic rings. The van der Waals surface area contributed by atoms with E-state index >= 15 is 0 Å². The van der Waals surface area contributed by atoms with Gasteiger partial charge in [-0.25, -0.2) is 4.98 Å². The monoisotopic (exact) mass is 390 g/mol. The number of rotatable bonds is 5. The standard InChI is InChI=1S/C22H22N4OS/c1-4-19(17-6-5-11-23-12-17)25(3)21(27)20-14-28-22-24-18(13-26(20)22)16-9-7-15(2)8-10-16/h5-14,19H,4H2,1-3H3/t19-/m0/s1. The Hall–Kier alpha value is -2.99. The molecule has 0 fully saturated rings. The van der Waals surface area contributed by atoms with Crippen LogP contribution in [-0.4, -0.2) is 32.2 Å². The van der Waals surface area contributed by atoms with Crippen LogP contribution in [0.1, 0.15) is 41.0 Å². The normalized spacial score (nSPS) is 12.2. The first kappa shape index (κ1) is 18.4. The van der Waals surface area contributed by atoms with Crippen molar-refractivity contribution in [1.82, 2.24) is 19.3 Å². The third kappa shape index (κ3) is 3.31. The van der Waals surface area contributed by atoms with Crippen LogP contribution in [0.5, 0.6) is 0 Å². The number of hydrogen-bond acceptors (Lipinski definition) is 4. The van der Waals surface area contributed by atoms with Crippen molar-refractivity contribution >= 4 is 22.2 Å². The Labute approximate surface area is 168 Å². The summed E-state index contributed by atoms with van der Waals surface area (Å²) in [7, 11) is 1.85. The van der Waals surface area contributed by atoms with E-state index in [1.165, 1.54) is 16.9 Å². The number of hydrogen-bond donors (Lipinski definition) is 0. The summed E-state index contributed by atoms with van der Waals surface area (Å²) in [5.41, 5.74) is 4.81. The van der Waals surface area contributed by atoms with E-state index < -0.39 is 0 Å². The van der Waals surface area contributed by atoms with Crippen molar-refractivity contribution in [1.29, 1.82) is 0 Å². The zero-order valence-electron chi connectivity index (χ0n) is 16.2. The predicted molar refractivity (Wildman–Crippen MR) is 113 cm³/mol. The molecule has 142 valence electrons. The topological polar surface area (TPSA) is 50.5 Å². The largest absolute Gasteiger partial charge is 0.333 e. The highest BCUT2D eigenvalue weighted by Crippen LogP contribution is 2.27. The van der Waals surface area contributed by atoms with Crippen molar-refractivity contribution < 1.29 is 4.79 Å². The lowest BCUT2D eigenvalue weighted by molar-refractivity contribution is 0.0719. The zero-order chi connectivity index (χ0) is 19.7. The molecule has 0 aliphatic heterocycles. The molecule has 1 atom stereocenters. The number of amides is 1. The van der Waals surface area contributed by atoms with Crippen LogP contribution in [0.3, 0.4) is 0 Å². The van der Waals surface area contributed by atoms with Crippen LogP contribution in [0.2, 0.25) is 0 Å². The minimum absolute atomic E-state index is 0.0174. The van der Waals surface area contributed by atoms with Crippen LogP contribution < -0.4 is 0 Å². The van der Waals surface area contributed by atoms with Crippen molar-refractivity contribution in [3.8, 4) is 11.3 Å². The fourth-order valence-corrected chi connectivity index (χ4v) is 4.28. The Morgan fingerprint density at radius 1 is 1.25 bits per heavy atom. The number of nitrogens with zero attached hydrogens (tertiary/aromatic N) is 4. The minimum atomic E-state index is -0.0187. The van der Waals surface area contributed by atoms with E-state index in [4.69, 9.17) is 4.98 Å². The Kier molecular flexibility index (Phi) is 4.96. The van der Waals surface area contributed by atoms with Gasteiger partial charge in [0.25, 0.3) is 5.91 Å². The highest BCUT2D eigenvalue weighted by molar-refractivity contribution is 7.15. The molecular weight excluding hydrogens is 368 g/mol. The summed E-state index contributed by atoms with van der Waals surface area (Å²) in [4.78, 5) is 24.8. The van der Waals surface area contributed by atoms with Gasteiger partial charge in [0, 0.05) is 36.6 Å². The van der Waals surface area contributed by atoms with Crippen molar-refractivity contribution in [3.05, 3.63) is 77.2 Å². The van der Waals surface area contributed by atoms with Gasteiger partial charge in [0.2, 0.25) is 0 Å². The quantitative estimate of drug-likeness (QED) is 0.482. The molecule has 28 heavy (non-hydrogen) atoms. The second kappa shape index (κ2) is 7.56. The lowest BCUT2D eigenvalue weighted by atomic mass is 10.1. The highest BCUT2D eigenvalue weighted by Gasteiger charge is 2.24. The lowest BCUT2D eigenvalue weighted by Crippen LogP contribution is -2.31. The molecule has 4 rings (SSSR count). The smallest absolute Gasteiger partial charge is 0.272 e. The summed E-state index contributed by atoms with van der Waals surface area (Å²) in [6.45, 7) is 4.14. The average molecular weight is 391 g/mol. The summed E-state index contributed by atoms with van der Waals surface area (Å²) in [5.74, 6) is -0.0187. The van der Waals surface area contributed by atoms with Gasteiger partial charge in [0.15, 0.2) is 4.96 Å². The highest BCUT2D eigenvalue weighted by atomic mass is 32.1. The van der Waals surface area contributed by atoms with E-state index in [0.717, 1.165) is 28.2 Å². The van der Waals surface area contributed by atoms with E-state index in [-0.39, 0.29) is 11.9 Å². The summed E-state index contributed by atoms with van der Waals surface area (Å²) in [6.07, 6.45) is 6.34. The van der Waals surface area contributed by atoms with Gasteiger partial charge in [-0.15, -0.1) is 11.3 Å². The van der Waals surface area contributed by atoms with E-state index in [1.807, 2.05) is 41.4 Å².